The van der Waals surface area contributed by atoms with Gasteiger partial charge in [-0.15, -0.1) is 0 Å². The minimum absolute atomic E-state index is 0.256. The summed E-state index contributed by atoms with van der Waals surface area (Å²) in [6, 6.07) is 20.0. The van der Waals surface area contributed by atoms with Crippen molar-refractivity contribution in [3.05, 3.63) is 83.5 Å². The van der Waals surface area contributed by atoms with Crippen LogP contribution in [0.3, 0.4) is 0 Å². The number of halogens is 1. The summed E-state index contributed by atoms with van der Waals surface area (Å²) >= 11 is 6.41. The number of anilines is 2. The Morgan fingerprint density at radius 3 is 2.55 bits per heavy atom. The normalized spacial score (nSPS) is 11.8. The topological polar surface area (TPSA) is 75.2 Å². The van der Waals surface area contributed by atoms with Gasteiger partial charge in [0.2, 0.25) is 0 Å². The number of carbonyl (C=O) groups excluding carboxylic acids is 1. The molecule has 4 rings (SSSR count). The number of carbonyl (C=O) groups is 1. The second-order valence-corrected chi connectivity index (χ2v) is 9.32. The van der Waals surface area contributed by atoms with E-state index in [9.17, 15) is 9.00 Å². The van der Waals surface area contributed by atoms with Gasteiger partial charge in [0.1, 0.15) is 11.0 Å². The first-order valence-corrected chi connectivity index (χ1v) is 12.2. The van der Waals surface area contributed by atoms with Crippen molar-refractivity contribution in [2.24, 2.45) is 0 Å². The van der Waals surface area contributed by atoms with Gasteiger partial charge in [-0.05, 0) is 55.5 Å². The second kappa shape index (κ2) is 10.1. The van der Waals surface area contributed by atoms with Gasteiger partial charge in [0.25, 0.3) is 5.91 Å². The molecule has 33 heavy (non-hydrogen) atoms. The van der Waals surface area contributed by atoms with E-state index in [2.05, 4.69) is 15.3 Å². The van der Waals surface area contributed by atoms with E-state index in [4.69, 9.17) is 11.6 Å². The zero-order valence-corrected chi connectivity index (χ0v) is 19.9. The third kappa shape index (κ3) is 5.05. The number of amides is 1. The number of para-hydroxylation sites is 1. The van der Waals surface area contributed by atoms with Crippen LogP contribution in [0.4, 0.5) is 11.4 Å². The average Bonchev–Trinajstić information content (AvgIpc) is 2.85. The molecule has 1 N–H and O–H groups in total. The Balaban J connectivity index is 1.55. The van der Waals surface area contributed by atoms with Gasteiger partial charge in [-0.3, -0.25) is 9.10 Å². The minimum Gasteiger partial charge on any atom is -0.322 e. The van der Waals surface area contributed by atoms with Crippen LogP contribution in [0.5, 0.6) is 0 Å². The van der Waals surface area contributed by atoms with Crippen LogP contribution in [0.1, 0.15) is 24.2 Å². The van der Waals surface area contributed by atoms with Gasteiger partial charge < -0.3 is 5.32 Å². The zero-order valence-electron chi connectivity index (χ0n) is 18.3. The van der Waals surface area contributed by atoms with E-state index in [1.807, 2.05) is 50.2 Å². The second-order valence-electron chi connectivity index (χ2n) is 7.25. The highest BCUT2D eigenvalue weighted by Gasteiger charge is 2.14. The molecule has 1 heterocycles. The van der Waals surface area contributed by atoms with Crippen LogP contribution in [-0.2, 0) is 11.0 Å². The summed E-state index contributed by atoms with van der Waals surface area (Å²) in [5, 5.41) is 4.34. The van der Waals surface area contributed by atoms with Crippen LogP contribution < -0.4 is 9.62 Å². The standard InChI is InChI=1S/C25H23ClN4O2S/c1-3-30(33(32)4-2)20-12-9-17(10-13-20)25(31)28-19-11-14-22(26)21(15-19)24-27-16-18-7-5-6-8-23(18)29-24/h5-16H,3-4H2,1-2H3,(H,28,31). The van der Waals surface area contributed by atoms with Crippen LogP contribution in [0.2, 0.25) is 5.02 Å². The summed E-state index contributed by atoms with van der Waals surface area (Å²) in [7, 11) is -1.09. The number of rotatable bonds is 7. The molecule has 168 valence electrons. The van der Waals surface area contributed by atoms with Crippen LogP contribution in [0.15, 0.2) is 72.9 Å². The smallest absolute Gasteiger partial charge is 0.255 e. The number of benzene rings is 3. The van der Waals surface area contributed by atoms with Crippen LogP contribution in [0.25, 0.3) is 22.3 Å². The van der Waals surface area contributed by atoms with E-state index in [0.29, 0.717) is 40.0 Å². The van der Waals surface area contributed by atoms with E-state index in [1.165, 1.54) is 0 Å². The molecule has 1 atom stereocenters. The largest absolute Gasteiger partial charge is 0.322 e. The summed E-state index contributed by atoms with van der Waals surface area (Å²) in [6.07, 6.45) is 1.76. The van der Waals surface area contributed by atoms with Gasteiger partial charge in [0, 0.05) is 46.4 Å². The van der Waals surface area contributed by atoms with E-state index >= 15 is 0 Å². The number of fused-ring (bicyclic) bond motifs is 1. The molecule has 0 saturated heterocycles. The molecule has 4 aromatic rings. The van der Waals surface area contributed by atoms with Crippen molar-refractivity contribution in [1.29, 1.82) is 0 Å². The third-order valence-electron chi connectivity index (χ3n) is 5.15. The lowest BCUT2D eigenvalue weighted by Gasteiger charge is -2.21. The lowest BCUT2D eigenvalue weighted by molar-refractivity contribution is 0.102. The highest BCUT2D eigenvalue weighted by atomic mass is 35.5. The monoisotopic (exact) mass is 478 g/mol. The number of aromatic nitrogens is 2. The quantitative estimate of drug-likeness (QED) is 0.369. The van der Waals surface area contributed by atoms with Gasteiger partial charge in [0.15, 0.2) is 5.82 Å². The fraction of sp³-hybridized carbons (Fsp3) is 0.160. The molecule has 6 nitrogen and oxygen atoms in total. The fourth-order valence-electron chi connectivity index (χ4n) is 3.46. The van der Waals surface area contributed by atoms with E-state index in [0.717, 1.165) is 16.6 Å². The molecule has 0 aliphatic heterocycles. The summed E-state index contributed by atoms with van der Waals surface area (Å²) in [6.45, 7) is 4.45. The molecule has 1 unspecified atom stereocenters. The van der Waals surface area contributed by atoms with Gasteiger partial charge in [-0.1, -0.05) is 36.7 Å². The Labute approximate surface area is 200 Å². The number of nitrogens with zero attached hydrogens (tertiary/aromatic N) is 3. The Bertz CT molecular complexity index is 1330. The summed E-state index contributed by atoms with van der Waals surface area (Å²) < 4.78 is 14.0. The van der Waals surface area contributed by atoms with Crippen molar-refractivity contribution < 1.29 is 9.00 Å². The molecule has 3 aromatic carbocycles. The number of hydrogen-bond acceptors (Lipinski definition) is 4. The van der Waals surface area contributed by atoms with Crippen molar-refractivity contribution >= 4 is 50.8 Å². The summed E-state index contributed by atoms with van der Waals surface area (Å²) in [5.74, 6) is 0.771. The highest BCUT2D eigenvalue weighted by Crippen LogP contribution is 2.29. The lowest BCUT2D eigenvalue weighted by atomic mass is 10.1. The Kier molecular flexibility index (Phi) is 7.01. The maximum Gasteiger partial charge on any atom is 0.255 e. The molecule has 0 aliphatic carbocycles. The van der Waals surface area contributed by atoms with Gasteiger partial charge in [0.05, 0.1) is 10.5 Å². The maximum absolute atomic E-state index is 12.8. The maximum atomic E-state index is 12.8. The van der Waals surface area contributed by atoms with Crippen molar-refractivity contribution in [2.75, 3.05) is 21.9 Å². The van der Waals surface area contributed by atoms with E-state index < -0.39 is 11.0 Å². The summed E-state index contributed by atoms with van der Waals surface area (Å²) in [4.78, 5) is 21.8. The third-order valence-corrected chi connectivity index (χ3v) is 6.94. The molecule has 0 bridgehead atoms. The first-order valence-electron chi connectivity index (χ1n) is 10.6. The van der Waals surface area contributed by atoms with Gasteiger partial charge in [-0.25, -0.2) is 14.2 Å². The van der Waals surface area contributed by atoms with Crippen molar-refractivity contribution in [3.63, 3.8) is 0 Å². The van der Waals surface area contributed by atoms with Crippen LogP contribution >= 0.6 is 11.6 Å². The molecule has 0 saturated carbocycles. The van der Waals surface area contributed by atoms with Crippen LogP contribution in [-0.4, -0.2) is 32.4 Å². The first kappa shape index (κ1) is 22.9. The zero-order chi connectivity index (χ0) is 23.4. The predicted molar refractivity (Wildman–Crippen MR) is 136 cm³/mol. The first-order chi connectivity index (χ1) is 16.0. The molecule has 8 heteroatoms. The fourth-order valence-corrected chi connectivity index (χ4v) is 4.62. The molecular formula is C25H23ClN4O2S. The molecule has 0 spiro atoms. The molecule has 0 aliphatic rings. The number of hydrogen-bond donors (Lipinski definition) is 1. The van der Waals surface area contributed by atoms with Crippen molar-refractivity contribution in [2.45, 2.75) is 13.8 Å². The molecule has 0 fully saturated rings. The summed E-state index contributed by atoms with van der Waals surface area (Å²) in [5.41, 5.74) is 3.35. The molecule has 1 amide bonds. The number of nitrogens with one attached hydrogen (secondary N) is 1. The van der Waals surface area contributed by atoms with E-state index in [-0.39, 0.29) is 5.91 Å². The Morgan fingerprint density at radius 1 is 1.06 bits per heavy atom. The molecule has 1 aromatic heterocycles. The lowest BCUT2D eigenvalue weighted by Crippen LogP contribution is -2.26. The Morgan fingerprint density at radius 2 is 1.82 bits per heavy atom. The minimum atomic E-state index is -1.09. The van der Waals surface area contributed by atoms with Crippen LogP contribution in [0, 0.1) is 0 Å². The van der Waals surface area contributed by atoms with Gasteiger partial charge >= 0.3 is 0 Å². The SMILES string of the molecule is CCN(c1ccc(C(=O)Nc2ccc(Cl)c(-c3ncc4ccccc4n3)c2)cc1)S(=O)CC. The predicted octanol–water partition coefficient (Wildman–Crippen LogP) is 5.71. The average molecular weight is 479 g/mol. The van der Waals surface area contributed by atoms with Crippen molar-refractivity contribution in [3.8, 4) is 11.4 Å². The highest BCUT2D eigenvalue weighted by molar-refractivity contribution is 7.86. The van der Waals surface area contributed by atoms with E-state index in [1.54, 1.807) is 40.8 Å². The van der Waals surface area contributed by atoms with Crippen molar-refractivity contribution in [1.82, 2.24) is 9.97 Å². The Hall–Kier alpha value is -3.29. The molecule has 0 radical (unpaired) electrons. The molecular weight excluding hydrogens is 456 g/mol. The van der Waals surface area contributed by atoms with Gasteiger partial charge in [-0.2, -0.15) is 0 Å².